The molecule has 0 spiro atoms. The van der Waals surface area contributed by atoms with Crippen molar-refractivity contribution in [1.82, 2.24) is 9.88 Å². The summed E-state index contributed by atoms with van der Waals surface area (Å²) in [7, 11) is 0. The number of carbonyl (C=O) groups excluding carboxylic acids is 1. The average molecular weight is 386 g/mol. The SMILES string of the molecule is O=C(/C=C/c1ccco1)N1CCN(c2ncc(C(F)(F)F)cc2Cl)CC1. The molecule has 0 aliphatic carbocycles. The highest BCUT2D eigenvalue weighted by Crippen LogP contribution is 2.33. The van der Waals surface area contributed by atoms with Crippen molar-refractivity contribution in [3.8, 4) is 0 Å². The zero-order valence-corrected chi connectivity index (χ0v) is 14.3. The van der Waals surface area contributed by atoms with E-state index in [0.29, 0.717) is 31.9 Å². The van der Waals surface area contributed by atoms with Gasteiger partial charge in [0.05, 0.1) is 16.8 Å². The van der Waals surface area contributed by atoms with Crippen LogP contribution in [0.15, 0.2) is 41.2 Å². The number of furan rings is 1. The molecule has 2 aromatic heterocycles. The molecule has 0 N–H and O–H groups in total. The van der Waals surface area contributed by atoms with Crippen molar-refractivity contribution in [2.75, 3.05) is 31.1 Å². The van der Waals surface area contributed by atoms with Crippen LogP contribution in [0, 0.1) is 0 Å². The van der Waals surface area contributed by atoms with Crippen LogP contribution in [0.1, 0.15) is 11.3 Å². The van der Waals surface area contributed by atoms with Gasteiger partial charge in [-0.25, -0.2) is 4.98 Å². The normalized spacial score (nSPS) is 15.7. The summed E-state index contributed by atoms with van der Waals surface area (Å²) in [4.78, 5) is 19.4. The zero-order valence-electron chi connectivity index (χ0n) is 13.5. The lowest BCUT2D eigenvalue weighted by Gasteiger charge is -2.35. The molecule has 1 fully saturated rings. The molecule has 2 aromatic rings. The first-order chi connectivity index (χ1) is 12.3. The molecule has 0 unspecified atom stereocenters. The van der Waals surface area contributed by atoms with Crippen LogP contribution in [0.25, 0.3) is 6.08 Å². The zero-order chi connectivity index (χ0) is 18.7. The highest BCUT2D eigenvalue weighted by molar-refractivity contribution is 6.33. The third kappa shape index (κ3) is 4.19. The van der Waals surface area contributed by atoms with Gasteiger partial charge in [0.25, 0.3) is 0 Å². The number of hydrogen-bond acceptors (Lipinski definition) is 4. The Bertz CT molecular complexity index is 798. The third-order valence-electron chi connectivity index (χ3n) is 3.97. The molecule has 9 heteroatoms. The van der Waals surface area contributed by atoms with Crippen molar-refractivity contribution in [3.05, 3.63) is 53.1 Å². The molecule has 1 aliphatic heterocycles. The lowest BCUT2D eigenvalue weighted by Crippen LogP contribution is -2.48. The van der Waals surface area contributed by atoms with Gasteiger partial charge in [0, 0.05) is 38.5 Å². The van der Waals surface area contributed by atoms with Gasteiger partial charge in [-0.2, -0.15) is 13.2 Å². The summed E-state index contributed by atoms with van der Waals surface area (Å²) in [6.07, 6.45) is 0.815. The van der Waals surface area contributed by atoms with Crippen LogP contribution in [-0.2, 0) is 11.0 Å². The molecule has 0 radical (unpaired) electrons. The number of amides is 1. The van der Waals surface area contributed by atoms with E-state index >= 15 is 0 Å². The van der Waals surface area contributed by atoms with Crippen molar-refractivity contribution in [3.63, 3.8) is 0 Å². The Morgan fingerprint density at radius 3 is 2.58 bits per heavy atom. The minimum atomic E-state index is -4.49. The number of aromatic nitrogens is 1. The van der Waals surface area contributed by atoms with E-state index in [9.17, 15) is 18.0 Å². The molecule has 26 heavy (non-hydrogen) atoms. The third-order valence-corrected chi connectivity index (χ3v) is 4.25. The molecule has 3 heterocycles. The predicted octanol–water partition coefficient (Wildman–Crippen LogP) is 3.71. The highest BCUT2D eigenvalue weighted by Gasteiger charge is 2.32. The second-order valence-corrected chi connectivity index (χ2v) is 6.10. The number of alkyl halides is 3. The van der Waals surface area contributed by atoms with Crippen LogP contribution >= 0.6 is 11.6 Å². The molecule has 0 atom stereocenters. The standard InChI is InChI=1S/C17H15ClF3N3O2/c18-14-10-12(17(19,20)21)11-22-16(14)24-7-5-23(6-8-24)15(25)4-3-13-2-1-9-26-13/h1-4,9-11H,5-8H2/b4-3+. The Balaban J connectivity index is 1.61. The van der Waals surface area contributed by atoms with Crippen molar-refractivity contribution >= 4 is 29.4 Å². The molecule has 1 aliphatic rings. The monoisotopic (exact) mass is 385 g/mol. The van der Waals surface area contributed by atoms with Gasteiger partial charge in [0.15, 0.2) is 0 Å². The molecule has 0 bridgehead atoms. The van der Waals surface area contributed by atoms with Gasteiger partial charge in [-0.3, -0.25) is 4.79 Å². The predicted molar refractivity (Wildman–Crippen MR) is 90.8 cm³/mol. The van der Waals surface area contributed by atoms with Crippen molar-refractivity contribution < 1.29 is 22.4 Å². The topological polar surface area (TPSA) is 49.6 Å². The molecule has 3 rings (SSSR count). The Labute approximate surface area is 152 Å². The van der Waals surface area contributed by atoms with Gasteiger partial charge in [-0.15, -0.1) is 0 Å². The number of carbonyl (C=O) groups is 1. The lowest BCUT2D eigenvalue weighted by molar-refractivity contribution is -0.137. The number of piperazine rings is 1. The summed E-state index contributed by atoms with van der Waals surface area (Å²) in [5.74, 6) is 0.711. The fraction of sp³-hybridized carbons (Fsp3) is 0.294. The van der Waals surface area contributed by atoms with E-state index in [4.69, 9.17) is 16.0 Å². The van der Waals surface area contributed by atoms with Crippen molar-refractivity contribution in [2.24, 2.45) is 0 Å². The number of rotatable bonds is 3. The second kappa shape index (κ2) is 7.41. The van der Waals surface area contributed by atoms with Gasteiger partial charge >= 0.3 is 6.18 Å². The summed E-state index contributed by atoms with van der Waals surface area (Å²) in [5, 5.41) is -0.0580. The fourth-order valence-corrected chi connectivity index (χ4v) is 2.89. The molecular weight excluding hydrogens is 371 g/mol. The summed E-state index contributed by atoms with van der Waals surface area (Å²) in [5.41, 5.74) is -0.886. The first-order valence-corrected chi connectivity index (χ1v) is 8.20. The molecule has 0 aromatic carbocycles. The minimum absolute atomic E-state index is 0.0580. The maximum Gasteiger partial charge on any atom is 0.417 e. The van der Waals surface area contributed by atoms with E-state index in [0.717, 1.165) is 12.3 Å². The van der Waals surface area contributed by atoms with Crippen LogP contribution in [-0.4, -0.2) is 42.0 Å². The van der Waals surface area contributed by atoms with Gasteiger partial charge in [0.1, 0.15) is 11.6 Å². The van der Waals surface area contributed by atoms with Crippen molar-refractivity contribution in [2.45, 2.75) is 6.18 Å². The Morgan fingerprint density at radius 2 is 2.00 bits per heavy atom. The summed E-state index contributed by atoms with van der Waals surface area (Å²) in [6, 6.07) is 4.33. The van der Waals surface area contributed by atoms with Crippen LogP contribution in [0.3, 0.4) is 0 Å². The smallest absolute Gasteiger partial charge is 0.417 e. The van der Waals surface area contributed by atoms with E-state index in [1.54, 1.807) is 28.0 Å². The van der Waals surface area contributed by atoms with E-state index in [2.05, 4.69) is 4.98 Å². The Morgan fingerprint density at radius 1 is 1.27 bits per heavy atom. The molecule has 5 nitrogen and oxygen atoms in total. The second-order valence-electron chi connectivity index (χ2n) is 5.69. The van der Waals surface area contributed by atoms with Gasteiger partial charge in [-0.1, -0.05) is 11.6 Å². The Kier molecular flexibility index (Phi) is 5.22. The van der Waals surface area contributed by atoms with E-state index in [-0.39, 0.29) is 16.7 Å². The van der Waals surface area contributed by atoms with Crippen molar-refractivity contribution in [1.29, 1.82) is 0 Å². The number of halogens is 4. The van der Waals surface area contributed by atoms with Crippen LogP contribution in [0.2, 0.25) is 5.02 Å². The maximum absolute atomic E-state index is 12.7. The lowest BCUT2D eigenvalue weighted by atomic mass is 10.2. The van der Waals surface area contributed by atoms with Crippen LogP contribution in [0.4, 0.5) is 19.0 Å². The molecule has 138 valence electrons. The van der Waals surface area contributed by atoms with E-state index in [1.165, 1.54) is 12.3 Å². The number of anilines is 1. The number of pyridine rings is 1. The maximum atomic E-state index is 12.7. The minimum Gasteiger partial charge on any atom is -0.465 e. The average Bonchev–Trinajstić information content (AvgIpc) is 3.12. The van der Waals surface area contributed by atoms with E-state index < -0.39 is 11.7 Å². The molecule has 1 amide bonds. The quantitative estimate of drug-likeness (QED) is 0.756. The number of hydrogen-bond donors (Lipinski definition) is 0. The first kappa shape index (κ1) is 18.3. The summed E-state index contributed by atoms with van der Waals surface area (Å²) in [6.45, 7) is 1.69. The van der Waals surface area contributed by atoms with E-state index in [1.807, 2.05) is 0 Å². The first-order valence-electron chi connectivity index (χ1n) is 7.83. The van der Waals surface area contributed by atoms with Crippen LogP contribution in [0.5, 0.6) is 0 Å². The molecular formula is C17H15ClF3N3O2. The molecule has 1 saturated heterocycles. The fourth-order valence-electron chi connectivity index (χ4n) is 2.60. The Hall–Kier alpha value is -2.48. The van der Waals surface area contributed by atoms with Gasteiger partial charge in [0.2, 0.25) is 5.91 Å². The molecule has 0 saturated carbocycles. The number of nitrogens with zero attached hydrogens (tertiary/aromatic N) is 3. The highest BCUT2D eigenvalue weighted by atomic mass is 35.5. The summed E-state index contributed by atoms with van der Waals surface area (Å²) >= 11 is 5.97. The van der Waals surface area contributed by atoms with Gasteiger partial charge < -0.3 is 14.2 Å². The van der Waals surface area contributed by atoms with Crippen LogP contribution < -0.4 is 4.90 Å². The summed E-state index contributed by atoms with van der Waals surface area (Å²) < 4.78 is 43.2. The largest absolute Gasteiger partial charge is 0.465 e. The van der Waals surface area contributed by atoms with Gasteiger partial charge in [-0.05, 0) is 24.3 Å².